The summed E-state index contributed by atoms with van der Waals surface area (Å²) in [7, 11) is 0. The smallest absolute Gasteiger partial charge is 0.407 e. The van der Waals surface area contributed by atoms with Crippen molar-refractivity contribution in [2.45, 2.75) is 64.5 Å². The number of hydrogen-bond donors (Lipinski definition) is 3. The SMILES string of the molecule is Cc1ncc(CC(=O)Nc2cc([C@@H]3CC[C@H](OC(=O)NC(C)C)C3)[nH]n2)s1. The van der Waals surface area contributed by atoms with Gasteiger partial charge in [0.15, 0.2) is 5.82 Å². The summed E-state index contributed by atoms with van der Waals surface area (Å²) in [6.45, 7) is 5.71. The number of thiazole rings is 1. The molecule has 1 fully saturated rings. The Bertz CT molecular complexity index is 801. The molecule has 8 nitrogen and oxygen atoms in total. The zero-order chi connectivity index (χ0) is 19.4. The van der Waals surface area contributed by atoms with Crippen molar-refractivity contribution in [3.63, 3.8) is 0 Å². The first kappa shape index (κ1) is 19.3. The van der Waals surface area contributed by atoms with Crippen LogP contribution < -0.4 is 10.6 Å². The number of amides is 2. The van der Waals surface area contributed by atoms with Crippen LogP contribution >= 0.6 is 11.3 Å². The van der Waals surface area contributed by atoms with E-state index in [2.05, 4.69) is 25.8 Å². The van der Waals surface area contributed by atoms with Crippen molar-refractivity contribution < 1.29 is 14.3 Å². The Kier molecular flexibility index (Phi) is 6.10. The molecule has 2 aromatic rings. The third kappa shape index (κ3) is 5.53. The molecule has 0 spiro atoms. The molecule has 2 amide bonds. The lowest BCUT2D eigenvalue weighted by Gasteiger charge is -2.14. The van der Waals surface area contributed by atoms with Gasteiger partial charge in [0.25, 0.3) is 0 Å². The predicted molar refractivity (Wildman–Crippen MR) is 103 cm³/mol. The third-order valence-corrected chi connectivity index (χ3v) is 5.29. The molecule has 3 N–H and O–H groups in total. The van der Waals surface area contributed by atoms with Crippen molar-refractivity contribution in [3.8, 4) is 0 Å². The predicted octanol–water partition coefficient (Wildman–Crippen LogP) is 3.13. The normalized spacial score (nSPS) is 19.3. The van der Waals surface area contributed by atoms with Crippen LogP contribution in [0.15, 0.2) is 12.3 Å². The number of carbonyl (C=O) groups excluding carboxylic acids is 2. The molecule has 27 heavy (non-hydrogen) atoms. The third-order valence-electron chi connectivity index (χ3n) is 4.37. The van der Waals surface area contributed by atoms with Gasteiger partial charge in [-0.2, -0.15) is 5.10 Å². The van der Waals surface area contributed by atoms with Crippen LogP contribution in [0.1, 0.15) is 54.6 Å². The summed E-state index contributed by atoms with van der Waals surface area (Å²) < 4.78 is 5.45. The Morgan fingerprint density at radius 1 is 1.41 bits per heavy atom. The molecule has 0 aromatic carbocycles. The number of nitrogens with zero attached hydrogens (tertiary/aromatic N) is 2. The summed E-state index contributed by atoms with van der Waals surface area (Å²) in [4.78, 5) is 28.9. The Balaban J connectivity index is 1.49. The summed E-state index contributed by atoms with van der Waals surface area (Å²) in [5.74, 6) is 0.636. The molecule has 1 saturated carbocycles. The molecule has 3 rings (SSSR count). The van der Waals surface area contributed by atoms with Crippen LogP contribution in [0.4, 0.5) is 10.6 Å². The molecule has 0 aliphatic heterocycles. The van der Waals surface area contributed by atoms with Crippen molar-refractivity contribution in [2.24, 2.45) is 0 Å². The van der Waals surface area contributed by atoms with E-state index in [1.54, 1.807) is 6.20 Å². The highest BCUT2D eigenvalue weighted by atomic mass is 32.1. The Labute approximate surface area is 162 Å². The Morgan fingerprint density at radius 2 is 2.22 bits per heavy atom. The van der Waals surface area contributed by atoms with Crippen LogP contribution in [-0.4, -0.2) is 39.3 Å². The van der Waals surface area contributed by atoms with E-state index in [-0.39, 0.29) is 36.5 Å². The number of aromatic amines is 1. The first-order valence-corrected chi connectivity index (χ1v) is 9.94. The lowest BCUT2D eigenvalue weighted by molar-refractivity contribution is -0.115. The van der Waals surface area contributed by atoms with E-state index in [1.165, 1.54) is 11.3 Å². The molecule has 146 valence electrons. The number of carbonyl (C=O) groups is 2. The molecular weight excluding hydrogens is 366 g/mol. The molecule has 0 bridgehead atoms. The van der Waals surface area contributed by atoms with Crippen molar-refractivity contribution in [1.82, 2.24) is 20.5 Å². The van der Waals surface area contributed by atoms with Gasteiger partial charge in [-0.05, 0) is 40.0 Å². The fraction of sp³-hybridized carbons (Fsp3) is 0.556. The van der Waals surface area contributed by atoms with Crippen LogP contribution in [0.2, 0.25) is 0 Å². The second-order valence-electron chi connectivity index (χ2n) is 7.12. The van der Waals surface area contributed by atoms with Gasteiger partial charge in [-0.25, -0.2) is 9.78 Å². The van der Waals surface area contributed by atoms with E-state index in [1.807, 2.05) is 26.8 Å². The van der Waals surface area contributed by atoms with E-state index >= 15 is 0 Å². The van der Waals surface area contributed by atoms with Gasteiger partial charge >= 0.3 is 6.09 Å². The van der Waals surface area contributed by atoms with Gasteiger partial charge in [-0.3, -0.25) is 9.89 Å². The molecule has 2 atom stereocenters. The van der Waals surface area contributed by atoms with E-state index in [0.29, 0.717) is 5.82 Å². The zero-order valence-corrected chi connectivity index (χ0v) is 16.6. The molecule has 9 heteroatoms. The second-order valence-corrected chi connectivity index (χ2v) is 8.43. The Hall–Kier alpha value is -2.42. The fourth-order valence-corrected chi connectivity index (χ4v) is 3.99. The molecule has 1 aliphatic rings. The molecule has 0 saturated heterocycles. The summed E-state index contributed by atoms with van der Waals surface area (Å²) in [6.07, 6.45) is 4.04. The van der Waals surface area contributed by atoms with Crippen LogP contribution in [-0.2, 0) is 16.0 Å². The van der Waals surface area contributed by atoms with Crippen LogP contribution in [0, 0.1) is 6.92 Å². The molecule has 0 radical (unpaired) electrons. The number of H-pyrrole nitrogens is 1. The van der Waals surface area contributed by atoms with Gasteiger partial charge < -0.3 is 15.4 Å². The highest BCUT2D eigenvalue weighted by Gasteiger charge is 2.30. The van der Waals surface area contributed by atoms with Crippen molar-refractivity contribution in [2.75, 3.05) is 5.32 Å². The van der Waals surface area contributed by atoms with Gasteiger partial charge in [-0.1, -0.05) is 0 Å². The minimum atomic E-state index is -0.369. The Morgan fingerprint density at radius 3 is 2.93 bits per heavy atom. The topological polar surface area (TPSA) is 109 Å². The van der Waals surface area contributed by atoms with Crippen molar-refractivity contribution in [3.05, 3.63) is 27.8 Å². The number of hydrogen-bond acceptors (Lipinski definition) is 6. The summed E-state index contributed by atoms with van der Waals surface area (Å²) in [5.41, 5.74) is 0.953. The van der Waals surface area contributed by atoms with Crippen molar-refractivity contribution >= 4 is 29.2 Å². The molecule has 2 aromatic heterocycles. The molecule has 0 unspecified atom stereocenters. The number of rotatable bonds is 6. The van der Waals surface area contributed by atoms with Gasteiger partial charge in [0, 0.05) is 34.8 Å². The standard InChI is InChI=1S/C18H25N5O3S/c1-10(2)20-18(25)26-13-5-4-12(6-13)15-8-16(23-22-15)21-17(24)7-14-9-19-11(3)27-14/h8-10,12-13H,4-7H2,1-3H3,(H,20,25)(H2,21,22,23,24)/t12-,13+/m1/s1. The van der Waals surface area contributed by atoms with Crippen LogP contribution in [0.3, 0.4) is 0 Å². The van der Waals surface area contributed by atoms with Crippen LogP contribution in [0.5, 0.6) is 0 Å². The molecule has 1 aliphatic carbocycles. The highest BCUT2D eigenvalue weighted by molar-refractivity contribution is 7.11. The maximum absolute atomic E-state index is 12.1. The minimum absolute atomic E-state index is 0.0577. The summed E-state index contributed by atoms with van der Waals surface area (Å²) >= 11 is 1.51. The van der Waals surface area contributed by atoms with Gasteiger partial charge in [0.2, 0.25) is 5.91 Å². The quantitative estimate of drug-likeness (QED) is 0.701. The van der Waals surface area contributed by atoms with Crippen LogP contribution in [0.25, 0.3) is 0 Å². The molecular formula is C18H25N5O3S. The first-order chi connectivity index (χ1) is 12.9. The monoisotopic (exact) mass is 391 g/mol. The average molecular weight is 391 g/mol. The van der Waals surface area contributed by atoms with E-state index in [9.17, 15) is 9.59 Å². The van der Waals surface area contributed by atoms with Gasteiger partial charge in [0.1, 0.15) is 6.10 Å². The number of ether oxygens (including phenoxy) is 1. The van der Waals surface area contributed by atoms with Gasteiger partial charge in [0.05, 0.1) is 11.4 Å². The number of nitrogens with one attached hydrogen (secondary N) is 3. The maximum Gasteiger partial charge on any atom is 0.407 e. The lowest BCUT2D eigenvalue weighted by Crippen LogP contribution is -2.33. The van der Waals surface area contributed by atoms with E-state index in [0.717, 1.165) is 34.8 Å². The van der Waals surface area contributed by atoms with E-state index < -0.39 is 0 Å². The first-order valence-electron chi connectivity index (χ1n) is 9.12. The maximum atomic E-state index is 12.1. The largest absolute Gasteiger partial charge is 0.446 e. The average Bonchev–Trinajstić information content (AvgIpc) is 3.28. The number of alkyl carbamates (subject to hydrolysis) is 1. The summed E-state index contributed by atoms with van der Waals surface area (Å²) in [6, 6.07) is 1.92. The van der Waals surface area contributed by atoms with Gasteiger partial charge in [-0.15, -0.1) is 11.3 Å². The minimum Gasteiger partial charge on any atom is -0.446 e. The summed E-state index contributed by atoms with van der Waals surface area (Å²) in [5, 5.41) is 13.7. The molecule has 2 heterocycles. The number of aromatic nitrogens is 3. The highest BCUT2D eigenvalue weighted by Crippen LogP contribution is 2.35. The zero-order valence-electron chi connectivity index (χ0n) is 15.7. The lowest BCUT2D eigenvalue weighted by atomic mass is 10.0. The number of aryl methyl sites for hydroxylation is 1. The second kappa shape index (κ2) is 8.51. The van der Waals surface area contributed by atoms with Crippen molar-refractivity contribution in [1.29, 1.82) is 0 Å². The van der Waals surface area contributed by atoms with E-state index in [4.69, 9.17) is 4.74 Å². The fourth-order valence-electron chi connectivity index (χ4n) is 3.19. The number of anilines is 1.